The fourth-order valence-corrected chi connectivity index (χ4v) is 2.89. The SMILES string of the molecule is FC(F)(F)c1ccc(C(F)(COCc2cccc(Oc3ccccc3)c2)C(F)(F)F)cc1. The van der Waals surface area contributed by atoms with Crippen LogP contribution in [0.4, 0.5) is 30.7 Å². The van der Waals surface area contributed by atoms with E-state index in [-0.39, 0.29) is 6.61 Å². The average Bonchev–Trinajstić information content (AvgIpc) is 2.73. The van der Waals surface area contributed by atoms with Crippen LogP contribution >= 0.6 is 0 Å². The number of ether oxygens (including phenoxy) is 2. The zero-order chi connectivity index (χ0) is 23.4. The maximum absolute atomic E-state index is 15.0. The first kappa shape index (κ1) is 23.6. The third-order valence-corrected chi connectivity index (χ3v) is 4.57. The molecule has 1 atom stereocenters. The molecular weight excluding hydrogens is 441 g/mol. The largest absolute Gasteiger partial charge is 0.457 e. The molecule has 9 heteroatoms. The van der Waals surface area contributed by atoms with Gasteiger partial charge in [0.05, 0.1) is 18.8 Å². The van der Waals surface area contributed by atoms with Crippen molar-refractivity contribution < 1.29 is 40.2 Å². The highest BCUT2D eigenvalue weighted by molar-refractivity contribution is 5.34. The van der Waals surface area contributed by atoms with Gasteiger partial charge in [-0.1, -0.05) is 42.5 Å². The minimum Gasteiger partial charge on any atom is -0.457 e. The number of hydrogen-bond donors (Lipinski definition) is 0. The van der Waals surface area contributed by atoms with Gasteiger partial charge < -0.3 is 9.47 Å². The fraction of sp³-hybridized carbons (Fsp3) is 0.217. The van der Waals surface area contributed by atoms with Crippen molar-refractivity contribution in [3.63, 3.8) is 0 Å². The van der Waals surface area contributed by atoms with E-state index in [0.717, 1.165) is 0 Å². The molecular formula is C23H17F7O2. The summed E-state index contributed by atoms with van der Waals surface area (Å²) in [5, 5.41) is 0. The molecule has 3 rings (SSSR count). The van der Waals surface area contributed by atoms with Crippen molar-refractivity contribution in [1.82, 2.24) is 0 Å². The number of alkyl halides is 7. The fourth-order valence-electron chi connectivity index (χ4n) is 2.89. The van der Waals surface area contributed by atoms with Crippen LogP contribution in [0.1, 0.15) is 16.7 Å². The van der Waals surface area contributed by atoms with Gasteiger partial charge in [0.1, 0.15) is 11.5 Å². The van der Waals surface area contributed by atoms with E-state index in [1.165, 1.54) is 6.07 Å². The van der Waals surface area contributed by atoms with Gasteiger partial charge >= 0.3 is 12.4 Å². The molecule has 0 heterocycles. The summed E-state index contributed by atoms with van der Waals surface area (Å²) in [5.74, 6) is 0.954. The van der Waals surface area contributed by atoms with Crippen molar-refractivity contribution in [2.75, 3.05) is 6.61 Å². The van der Waals surface area contributed by atoms with Crippen LogP contribution in [0.15, 0.2) is 78.9 Å². The predicted molar refractivity (Wildman–Crippen MR) is 103 cm³/mol. The van der Waals surface area contributed by atoms with Crippen LogP contribution in [0.25, 0.3) is 0 Å². The lowest BCUT2D eigenvalue weighted by Crippen LogP contribution is -2.42. The first-order valence-electron chi connectivity index (χ1n) is 9.32. The van der Waals surface area contributed by atoms with Crippen molar-refractivity contribution in [3.05, 3.63) is 95.6 Å². The molecule has 0 saturated carbocycles. The Morgan fingerprint density at radius 1 is 0.625 bits per heavy atom. The zero-order valence-corrected chi connectivity index (χ0v) is 16.4. The molecule has 0 amide bonds. The summed E-state index contributed by atoms with van der Waals surface area (Å²) in [6.45, 7) is -1.79. The molecule has 0 aliphatic heterocycles. The van der Waals surface area contributed by atoms with E-state index in [4.69, 9.17) is 9.47 Å². The van der Waals surface area contributed by atoms with E-state index < -0.39 is 35.8 Å². The third-order valence-electron chi connectivity index (χ3n) is 4.57. The second-order valence-electron chi connectivity index (χ2n) is 6.93. The first-order chi connectivity index (χ1) is 15.0. The second kappa shape index (κ2) is 9.20. The Morgan fingerprint density at radius 3 is 1.81 bits per heavy atom. The molecule has 0 aliphatic rings. The summed E-state index contributed by atoms with van der Waals surface area (Å²) >= 11 is 0. The first-order valence-corrected chi connectivity index (χ1v) is 9.32. The molecule has 32 heavy (non-hydrogen) atoms. The highest BCUT2D eigenvalue weighted by atomic mass is 19.4. The van der Waals surface area contributed by atoms with Gasteiger partial charge in [-0.05, 0) is 42.0 Å². The number of halogens is 7. The van der Waals surface area contributed by atoms with E-state index in [0.29, 0.717) is 41.3 Å². The lowest BCUT2D eigenvalue weighted by molar-refractivity contribution is -0.252. The van der Waals surface area contributed by atoms with Crippen LogP contribution in [0.5, 0.6) is 11.5 Å². The molecule has 3 aromatic rings. The topological polar surface area (TPSA) is 18.5 Å². The van der Waals surface area contributed by atoms with E-state index in [9.17, 15) is 30.7 Å². The molecule has 0 bridgehead atoms. The van der Waals surface area contributed by atoms with Crippen molar-refractivity contribution in [2.45, 2.75) is 24.6 Å². The number of benzene rings is 3. The minimum atomic E-state index is -5.40. The Kier molecular flexibility index (Phi) is 6.78. The van der Waals surface area contributed by atoms with Crippen LogP contribution < -0.4 is 4.74 Å². The van der Waals surface area contributed by atoms with Crippen molar-refractivity contribution >= 4 is 0 Å². The smallest absolute Gasteiger partial charge is 0.429 e. The van der Waals surface area contributed by atoms with Gasteiger partial charge in [-0.3, -0.25) is 0 Å². The quantitative estimate of drug-likeness (QED) is 0.343. The average molecular weight is 458 g/mol. The molecule has 0 N–H and O–H groups in total. The Balaban J connectivity index is 1.71. The van der Waals surface area contributed by atoms with Gasteiger partial charge in [0.2, 0.25) is 0 Å². The standard InChI is InChI=1S/C23H17F7O2/c24-21(23(28,29)30,17-9-11-18(12-10-17)22(25,26)27)15-31-14-16-5-4-8-20(13-16)32-19-6-2-1-3-7-19/h1-13H,14-15H2. The summed E-state index contributed by atoms with van der Waals surface area (Å²) in [6.07, 6.45) is -10.1. The Hall–Kier alpha value is -3.07. The third kappa shape index (κ3) is 5.59. The number of para-hydroxylation sites is 1. The van der Waals surface area contributed by atoms with Crippen molar-refractivity contribution in [1.29, 1.82) is 0 Å². The lowest BCUT2D eigenvalue weighted by Gasteiger charge is -2.28. The van der Waals surface area contributed by atoms with E-state index in [2.05, 4.69) is 0 Å². The van der Waals surface area contributed by atoms with Gasteiger partial charge in [0.25, 0.3) is 5.67 Å². The van der Waals surface area contributed by atoms with Gasteiger partial charge in [-0.15, -0.1) is 0 Å². The molecule has 0 spiro atoms. The Labute approximate surface area is 179 Å². The van der Waals surface area contributed by atoms with E-state index >= 15 is 0 Å². The molecule has 0 fully saturated rings. The molecule has 3 aromatic carbocycles. The molecule has 0 saturated heterocycles. The molecule has 0 aliphatic carbocycles. The van der Waals surface area contributed by atoms with Gasteiger partial charge in [0.15, 0.2) is 0 Å². The van der Waals surface area contributed by atoms with Crippen LogP contribution in [0.2, 0.25) is 0 Å². The second-order valence-corrected chi connectivity index (χ2v) is 6.93. The van der Waals surface area contributed by atoms with Gasteiger partial charge in [-0.25, -0.2) is 4.39 Å². The Morgan fingerprint density at radius 2 is 1.22 bits per heavy atom. The van der Waals surface area contributed by atoms with E-state index in [1.807, 2.05) is 0 Å². The van der Waals surface area contributed by atoms with Gasteiger partial charge in [0, 0.05) is 5.56 Å². The van der Waals surface area contributed by atoms with Crippen LogP contribution in [0.3, 0.4) is 0 Å². The maximum atomic E-state index is 15.0. The maximum Gasteiger partial charge on any atom is 0.429 e. The summed E-state index contributed by atoms with van der Waals surface area (Å²) in [7, 11) is 0. The van der Waals surface area contributed by atoms with Crippen molar-refractivity contribution in [3.8, 4) is 11.5 Å². The molecule has 0 radical (unpaired) electrons. The zero-order valence-electron chi connectivity index (χ0n) is 16.4. The lowest BCUT2D eigenvalue weighted by atomic mass is 9.94. The predicted octanol–water partition coefficient (Wildman–Crippen LogP) is 7.44. The molecule has 0 aromatic heterocycles. The van der Waals surface area contributed by atoms with Crippen LogP contribution in [0, 0.1) is 0 Å². The number of hydrogen-bond acceptors (Lipinski definition) is 2. The minimum absolute atomic E-state index is 0.367. The highest BCUT2D eigenvalue weighted by Crippen LogP contribution is 2.43. The van der Waals surface area contributed by atoms with Crippen LogP contribution in [-0.4, -0.2) is 12.8 Å². The summed E-state index contributed by atoms with van der Waals surface area (Å²) < 4.78 is 104. The van der Waals surface area contributed by atoms with Crippen molar-refractivity contribution in [2.24, 2.45) is 0 Å². The molecule has 1 unspecified atom stereocenters. The summed E-state index contributed by atoms with van der Waals surface area (Å²) in [4.78, 5) is 0. The molecule has 2 nitrogen and oxygen atoms in total. The van der Waals surface area contributed by atoms with Gasteiger partial charge in [-0.2, -0.15) is 26.3 Å². The normalized spacial score (nSPS) is 14.1. The monoisotopic (exact) mass is 458 g/mol. The highest BCUT2D eigenvalue weighted by Gasteiger charge is 2.57. The molecule has 170 valence electrons. The summed E-state index contributed by atoms with van der Waals surface area (Å²) in [5.41, 5.74) is -5.70. The van der Waals surface area contributed by atoms with Crippen LogP contribution in [-0.2, 0) is 23.2 Å². The summed E-state index contributed by atoms with van der Waals surface area (Å²) in [6, 6.07) is 16.8. The van der Waals surface area contributed by atoms with E-state index in [1.54, 1.807) is 48.5 Å². The Bertz CT molecular complexity index is 1020. The number of rotatable bonds is 7.